The SMILES string of the molecule is N#Cc1ccc2c(c1)C(C=O)c1ccccc1CO2. The Morgan fingerprint density at radius 3 is 2.84 bits per heavy atom. The smallest absolute Gasteiger partial charge is 0.132 e. The summed E-state index contributed by atoms with van der Waals surface area (Å²) in [5.41, 5.74) is 3.26. The monoisotopic (exact) mass is 249 g/mol. The molecule has 1 unspecified atom stereocenters. The standard InChI is InChI=1S/C16H11NO2/c17-8-11-5-6-16-14(7-11)15(9-18)13-4-2-1-3-12(13)10-19-16/h1-7,9,15H,10H2. The van der Waals surface area contributed by atoms with E-state index in [1.165, 1.54) is 0 Å². The number of aldehydes is 1. The third-order valence-corrected chi connectivity index (χ3v) is 3.38. The van der Waals surface area contributed by atoms with Crippen molar-refractivity contribution in [1.82, 2.24) is 0 Å². The van der Waals surface area contributed by atoms with Crippen molar-refractivity contribution in [2.45, 2.75) is 12.5 Å². The Morgan fingerprint density at radius 2 is 2.05 bits per heavy atom. The molecule has 3 heteroatoms. The molecule has 0 N–H and O–H groups in total. The molecular weight excluding hydrogens is 238 g/mol. The van der Waals surface area contributed by atoms with Gasteiger partial charge in [0.1, 0.15) is 18.6 Å². The van der Waals surface area contributed by atoms with Crippen LogP contribution in [0.2, 0.25) is 0 Å². The number of rotatable bonds is 1. The molecule has 0 fully saturated rings. The van der Waals surface area contributed by atoms with Crippen LogP contribution in [0.25, 0.3) is 0 Å². The molecular formula is C16H11NO2. The summed E-state index contributed by atoms with van der Waals surface area (Å²) in [6.07, 6.45) is 0.910. The summed E-state index contributed by atoms with van der Waals surface area (Å²) in [6.45, 7) is 0.444. The average molecular weight is 249 g/mol. The zero-order valence-electron chi connectivity index (χ0n) is 10.2. The molecule has 0 saturated heterocycles. The van der Waals surface area contributed by atoms with Crippen molar-refractivity contribution in [2.24, 2.45) is 0 Å². The minimum absolute atomic E-state index is 0.373. The largest absolute Gasteiger partial charge is 0.489 e. The van der Waals surface area contributed by atoms with Gasteiger partial charge >= 0.3 is 0 Å². The number of benzene rings is 2. The fraction of sp³-hybridized carbons (Fsp3) is 0.125. The van der Waals surface area contributed by atoms with Crippen molar-refractivity contribution in [3.05, 3.63) is 64.7 Å². The minimum atomic E-state index is -0.373. The van der Waals surface area contributed by atoms with Gasteiger partial charge in [0.15, 0.2) is 0 Å². The van der Waals surface area contributed by atoms with Gasteiger partial charge in [0, 0.05) is 5.56 Å². The lowest BCUT2D eigenvalue weighted by molar-refractivity contribution is -0.108. The molecule has 0 aliphatic carbocycles. The Hall–Kier alpha value is -2.60. The number of carbonyl (C=O) groups is 1. The van der Waals surface area contributed by atoms with E-state index in [1.54, 1.807) is 18.2 Å². The van der Waals surface area contributed by atoms with Crippen molar-refractivity contribution < 1.29 is 9.53 Å². The lowest BCUT2D eigenvalue weighted by Crippen LogP contribution is -2.03. The second-order valence-corrected chi connectivity index (χ2v) is 4.47. The number of nitrogens with zero attached hydrogens (tertiary/aromatic N) is 1. The van der Waals surface area contributed by atoms with Crippen LogP contribution in [0.1, 0.15) is 28.2 Å². The number of ether oxygens (including phenoxy) is 1. The van der Waals surface area contributed by atoms with Gasteiger partial charge in [0.2, 0.25) is 0 Å². The highest BCUT2D eigenvalue weighted by Gasteiger charge is 2.24. The first-order valence-electron chi connectivity index (χ1n) is 6.03. The van der Waals surface area contributed by atoms with Gasteiger partial charge in [0.05, 0.1) is 17.6 Å². The van der Waals surface area contributed by atoms with Crippen LogP contribution in [0.5, 0.6) is 5.75 Å². The van der Waals surface area contributed by atoms with E-state index < -0.39 is 0 Å². The number of hydrogen-bond donors (Lipinski definition) is 0. The van der Waals surface area contributed by atoms with Gasteiger partial charge < -0.3 is 9.53 Å². The lowest BCUT2D eigenvalue weighted by atomic mass is 9.89. The van der Waals surface area contributed by atoms with Crippen molar-refractivity contribution in [3.8, 4) is 11.8 Å². The Bertz CT molecular complexity index is 685. The van der Waals surface area contributed by atoms with Crippen LogP contribution in [-0.2, 0) is 11.4 Å². The van der Waals surface area contributed by atoms with Gasteiger partial charge in [-0.2, -0.15) is 5.26 Å². The molecule has 2 aromatic rings. The molecule has 0 spiro atoms. The molecule has 1 heterocycles. The van der Waals surface area contributed by atoms with Gasteiger partial charge in [0.25, 0.3) is 0 Å². The van der Waals surface area contributed by atoms with E-state index in [0.29, 0.717) is 17.9 Å². The Balaban J connectivity index is 2.22. The Labute approximate surface area is 111 Å². The first kappa shape index (κ1) is 11.5. The normalized spacial score (nSPS) is 16.3. The number of fused-ring (bicyclic) bond motifs is 2. The third-order valence-electron chi connectivity index (χ3n) is 3.38. The Morgan fingerprint density at radius 1 is 1.21 bits per heavy atom. The second-order valence-electron chi connectivity index (χ2n) is 4.47. The summed E-state index contributed by atoms with van der Waals surface area (Å²) < 4.78 is 5.74. The molecule has 92 valence electrons. The van der Waals surface area contributed by atoms with Crippen molar-refractivity contribution >= 4 is 6.29 Å². The molecule has 19 heavy (non-hydrogen) atoms. The quantitative estimate of drug-likeness (QED) is 0.730. The van der Waals surface area contributed by atoms with E-state index in [2.05, 4.69) is 6.07 Å². The van der Waals surface area contributed by atoms with E-state index in [9.17, 15) is 4.79 Å². The van der Waals surface area contributed by atoms with E-state index in [0.717, 1.165) is 23.0 Å². The minimum Gasteiger partial charge on any atom is -0.489 e. The predicted molar refractivity (Wildman–Crippen MR) is 69.8 cm³/mol. The number of nitriles is 1. The molecule has 1 aliphatic heterocycles. The third kappa shape index (κ3) is 1.88. The van der Waals surface area contributed by atoms with Gasteiger partial charge in [-0.3, -0.25) is 0 Å². The van der Waals surface area contributed by atoms with Crippen LogP contribution in [0.3, 0.4) is 0 Å². The maximum atomic E-state index is 11.5. The van der Waals surface area contributed by atoms with Crippen molar-refractivity contribution in [1.29, 1.82) is 5.26 Å². The molecule has 2 aromatic carbocycles. The van der Waals surface area contributed by atoms with E-state index in [1.807, 2.05) is 24.3 Å². The molecule has 0 amide bonds. The summed E-state index contributed by atoms with van der Waals surface area (Å²) in [4.78, 5) is 11.5. The number of carbonyl (C=O) groups excluding carboxylic acids is 1. The maximum absolute atomic E-state index is 11.5. The van der Waals surface area contributed by atoms with Crippen LogP contribution in [0.15, 0.2) is 42.5 Å². The van der Waals surface area contributed by atoms with Crippen molar-refractivity contribution in [3.63, 3.8) is 0 Å². The predicted octanol–water partition coefficient (Wildman–Crippen LogP) is 2.78. The van der Waals surface area contributed by atoms with Gasteiger partial charge in [-0.25, -0.2) is 0 Å². The summed E-state index contributed by atoms with van der Waals surface area (Å²) in [6, 6.07) is 15.0. The van der Waals surface area contributed by atoms with E-state index >= 15 is 0 Å². The summed E-state index contributed by atoms with van der Waals surface area (Å²) in [5, 5.41) is 8.98. The average Bonchev–Trinajstić information content (AvgIpc) is 2.62. The molecule has 3 rings (SSSR count). The van der Waals surface area contributed by atoms with E-state index in [4.69, 9.17) is 10.00 Å². The van der Waals surface area contributed by atoms with Crippen LogP contribution < -0.4 is 4.74 Å². The first-order valence-corrected chi connectivity index (χ1v) is 6.03. The molecule has 0 radical (unpaired) electrons. The summed E-state index contributed by atoms with van der Waals surface area (Å²) in [5.74, 6) is 0.300. The molecule has 1 atom stereocenters. The van der Waals surface area contributed by atoms with Crippen LogP contribution in [0.4, 0.5) is 0 Å². The van der Waals surface area contributed by atoms with Crippen LogP contribution in [-0.4, -0.2) is 6.29 Å². The van der Waals surface area contributed by atoms with Gasteiger partial charge in [-0.15, -0.1) is 0 Å². The highest BCUT2D eigenvalue weighted by Crippen LogP contribution is 2.36. The summed E-state index contributed by atoms with van der Waals surface area (Å²) in [7, 11) is 0. The molecule has 1 aliphatic rings. The molecule has 0 aromatic heterocycles. The molecule has 0 saturated carbocycles. The fourth-order valence-corrected chi connectivity index (χ4v) is 2.43. The van der Waals surface area contributed by atoms with Crippen LogP contribution >= 0.6 is 0 Å². The first-order chi connectivity index (χ1) is 9.33. The summed E-state index contributed by atoms with van der Waals surface area (Å²) >= 11 is 0. The maximum Gasteiger partial charge on any atom is 0.132 e. The second kappa shape index (κ2) is 4.58. The number of hydrogen-bond acceptors (Lipinski definition) is 3. The Kier molecular flexibility index (Phi) is 2.77. The topological polar surface area (TPSA) is 50.1 Å². The van der Waals surface area contributed by atoms with Crippen molar-refractivity contribution in [2.75, 3.05) is 0 Å². The van der Waals surface area contributed by atoms with Gasteiger partial charge in [-0.05, 0) is 29.3 Å². The molecule has 3 nitrogen and oxygen atoms in total. The highest BCUT2D eigenvalue weighted by molar-refractivity contribution is 5.72. The van der Waals surface area contributed by atoms with Gasteiger partial charge in [-0.1, -0.05) is 24.3 Å². The zero-order valence-corrected chi connectivity index (χ0v) is 10.2. The highest BCUT2D eigenvalue weighted by atomic mass is 16.5. The lowest BCUT2D eigenvalue weighted by Gasteiger charge is -2.12. The van der Waals surface area contributed by atoms with E-state index in [-0.39, 0.29) is 5.92 Å². The van der Waals surface area contributed by atoms with Crippen LogP contribution in [0, 0.1) is 11.3 Å². The zero-order chi connectivity index (χ0) is 13.2. The molecule has 0 bridgehead atoms. The fourth-order valence-electron chi connectivity index (χ4n) is 2.43.